The van der Waals surface area contributed by atoms with Crippen LogP contribution in [0.25, 0.3) is 0 Å². The van der Waals surface area contributed by atoms with Crippen LogP contribution in [0.2, 0.25) is 0 Å². The molecule has 3 nitrogen and oxygen atoms in total. The summed E-state index contributed by atoms with van der Waals surface area (Å²) in [6, 6.07) is 20.2. The van der Waals surface area contributed by atoms with E-state index in [2.05, 4.69) is 30.8 Å². The van der Waals surface area contributed by atoms with Crippen LogP contribution in [0.15, 0.2) is 73.3 Å². The number of hydrogen-bond acceptors (Lipinski definition) is 2. The van der Waals surface area contributed by atoms with E-state index >= 15 is 0 Å². The van der Waals surface area contributed by atoms with Gasteiger partial charge >= 0.3 is 0 Å². The van der Waals surface area contributed by atoms with Crippen LogP contribution >= 0.6 is 0 Å². The minimum Gasteiger partial charge on any atom is -0.365 e. The van der Waals surface area contributed by atoms with Gasteiger partial charge in [-0.3, -0.25) is 4.79 Å². The van der Waals surface area contributed by atoms with Crippen molar-refractivity contribution in [1.29, 1.82) is 0 Å². The van der Waals surface area contributed by atoms with E-state index in [-0.39, 0.29) is 5.91 Å². The molecule has 1 unspecified atom stereocenters. The fourth-order valence-corrected chi connectivity index (χ4v) is 3.44. The van der Waals surface area contributed by atoms with E-state index in [0.29, 0.717) is 26.1 Å². The van der Waals surface area contributed by atoms with Crippen molar-refractivity contribution in [2.24, 2.45) is 0 Å². The highest BCUT2D eigenvalue weighted by atomic mass is 16.5. The first-order chi connectivity index (χ1) is 12.2. The molecule has 1 aliphatic rings. The molecule has 1 heterocycles. The first-order valence-corrected chi connectivity index (χ1v) is 8.86. The Kier molecular flexibility index (Phi) is 5.67. The van der Waals surface area contributed by atoms with Crippen LogP contribution < -0.4 is 0 Å². The van der Waals surface area contributed by atoms with E-state index in [9.17, 15) is 4.79 Å². The molecule has 0 aromatic heterocycles. The second-order valence-corrected chi connectivity index (χ2v) is 6.57. The van der Waals surface area contributed by atoms with Gasteiger partial charge in [-0.05, 0) is 24.0 Å². The number of hydrogen-bond donors (Lipinski definition) is 0. The van der Waals surface area contributed by atoms with Crippen LogP contribution in [-0.4, -0.2) is 23.0 Å². The lowest BCUT2D eigenvalue weighted by Gasteiger charge is -2.33. The highest BCUT2D eigenvalue weighted by Gasteiger charge is 2.44. The third-order valence-corrected chi connectivity index (χ3v) is 4.69. The van der Waals surface area contributed by atoms with Gasteiger partial charge in [0.15, 0.2) is 0 Å². The summed E-state index contributed by atoms with van der Waals surface area (Å²) >= 11 is 0. The third-order valence-electron chi connectivity index (χ3n) is 4.69. The standard InChI is InChI=1S/C22H25NO2/c1-2-14-22(15-9-16-25-22)21(24)23(17-19-10-5-3-6-11-19)18-20-12-7-4-8-13-20/h2-8,10-13H,1,9,14-18H2. The lowest BCUT2D eigenvalue weighted by molar-refractivity contribution is -0.154. The molecular formula is C22H25NO2. The van der Waals surface area contributed by atoms with Crippen molar-refractivity contribution in [3.63, 3.8) is 0 Å². The minimum absolute atomic E-state index is 0.0672. The first-order valence-electron chi connectivity index (χ1n) is 8.86. The van der Waals surface area contributed by atoms with Crippen molar-refractivity contribution < 1.29 is 9.53 Å². The number of nitrogens with zero attached hydrogens (tertiary/aromatic N) is 1. The average Bonchev–Trinajstić information content (AvgIpc) is 3.12. The lowest BCUT2D eigenvalue weighted by atomic mass is 9.93. The Morgan fingerprint density at radius 2 is 1.60 bits per heavy atom. The van der Waals surface area contributed by atoms with Crippen LogP contribution in [0.4, 0.5) is 0 Å². The van der Waals surface area contributed by atoms with Crippen molar-refractivity contribution in [2.75, 3.05) is 6.61 Å². The maximum Gasteiger partial charge on any atom is 0.255 e. The van der Waals surface area contributed by atoms with Crippen molar-refractivity contribution in [3.8, 4) is 0 Å². The second-order valence-electron chi connectivity index (χ2n) is 6.57. The fraction of sp³-hybridized carbons (Fsp3) is 0.318. The minimum atomic E-state index is -0.745. The number of carbonyl (C=O) groups excluding carboxylic acids is 1. The van der Waals surface area contributed by atoms with E-state index < -0.39 is 5.60 Å². The normalized spacial score (nSPS) is 19.5. The summed E-state index contributed by atoms with van der Waals surface area (Å²) in [4.78, 5) is 15.3. The molecule has 1 atom stereocenters. The van der Waals surface area contributed by atoms with E-state index in [1.165, 1.54) is 0 Å². The summed E-state index contributed by atoms with van der Waals surface area (Å²) in [6.07, 6.45) is 4.04. The molecule has 1 fully saturated rings. The SMILES string of the molecule is C=CCC1(C(=O)N(Cc2ccccc2)Cc2ccccc2)CCCO1. The van der Waals surface area contributed by atoms with Gasteiger partial charge in [0.25, 0.3) is 5.91 Å². The molecule has 3 rings (SSSR count). The predicted molar refractivity (Wildman–Crippen MR) is 99.9 cm³/mol. The molecule has 1 aliphatic heterocycles. The van der Waals surface area contributed by atoms with Crippen LogP contribution in [0.3, 0.4) is 0 Å². The molecule has 1 saturated heterocycles. The van der Waals surface area contributed by atoms with Gasteiger partial charge in [-0.1, -0.05) is 66.7 Å². The van der Waals surface area contributed by atoms with Gasteiger partial charge in [-0.25, -0.2) is 0 Å². The molecule has 0 saturated carbocycles. The van der Waals surface area contributed by atoms with Crippen LogP contribution in [0.5, 0.6) is 0 Å². The molecule has 0 aliphatic carbocycles. The first kappa shape index (κ1) is 17.4. The molecule has 0 N–H and O–H groups in total. The van der Waals surface area contributed by atoms with E-state index in [0.717, 1.165) is 24.0 Å². The largest absolute Gasteiger partial charge is 0.365 e. The van der Waals surface area contributed by atoms with Gasteiger partial charge in [0.05, 0.1) is 0 Å². The van der Waals surface area contributed by atoms with Crippen molar-refractivity contribution >= 4 is 5.91 Å². The molecule has 0 bridgehead atoms. The zero-order chi connectivity index (χ0) is 17.5. The smallest absolute Gasteiger partial charge is 0.255 e. The Morgan fingerprint density at radius 3 is 2.04 bits per heavy atom. The monoisotopic (exact) mass is 335 g/mol. The van der Waals surface area contributed by atoms with E-state index in [4.69, 9.17) is 4.74 Å². The Hall–Kier alpha value is -2.39. The van der Waals surface area contributed by atoms with Gasteiger partial charge in [0.2, 0.25) is 0 Å². The number of ether oxygens (including phenoxy) is 1. The second kappa shape index (κ2) is 8.13. The van der Waals surface area contributed by atoms with Gasteiger partial charge < -0.3 is 9.64 Å². The zero-order valence-electron chi connectivity index (χ0n) is 14.6. The summed E-state index contributed by atoms with van der Waals surface area (Å²) in [5, 5.41) is 0. The van der Waals surface area contributed by atoms with Crippen LogP contribution in [0, 0.1) is 0 Å². The summed E-state index contributed by atoms with van der Waals surface area (Å²) in [5.74, 6) is 0.0672. The Morgan fingerprint density at radius 1 is 1.04 bits per heavy atom. The molecule has 2 aromatic rings. The molecule has 1 amide bonds. The molecular weight excluding hydrogens is 310 g/mol. The lowest BCUT2D eigenvalue weighted by Crippen LogP contribution is -2.48. The summed E-state index contributed by atoms with van der Waals surface area (Å²) in [6.45, 7) is 5.63. The van der Waals surface area contributed by atoms with Gasteiger partial charge in [0.1, 0.15) is 5.60 Å². The van der Waals surface area contributed by atoms with E-state index in [1.54, 1.807) is 6.08 Å². The summed E-state index contributed by atoms with van der Waals surface area (Å²) in [7, 11) is 0. The highest BCUT2D eigenvalue weighted by Crippen LogP contribution is 2.32. The predicted octanol–water partition coefficient (Wildman–Crippen LogP) is 4.34. The molecule has 25 heavy (non-hydrogen) atoms. The van der Waals surface area contributed by atoms with Crippen LogP contribution in [0.1, 0.15) is 30.4 Å². The van der Waals surface area contributed by atoms with Crippen molar-refractivity contribution in [3.05, 3.63) is 84.4 Å². The quantitative estimate of drug-likeness (QED) is 0.704. The fourth-order valence-electron chi connectivity index (χ4n) is 3.44. The number of rotatable bonds is 7. The van der Waals surface area contributed by atoms with Gasteiger partial charge in [-0.15, -0.1) is 6.58 Å². The Bertz CT molecular complexity index is 649. The Labute approximate surface area is 149 Å². The van der Waals surface area contributed by atoms with Crippen molar-refractivity contribution in [2.45, 2.75) is 38.0 Å². The van der Waals surface area contributed by atoms with Crippen molar-refractivity contribution in [1.82, 2.24) is 4.90 Å². The third kappa shape index (κ3) is 4.18. The number of benzene rings is 2. The zero-order valence-corrected chi connectivity index (χ0v) is 14.6. The maximum absolute atomic E-state index is 13.4. The molecule has 130 valence electrons. The van der Waals surface area contributed by atoms with E-state index in [1.807, 2.05) is 41.3 Å². The highest BCUT2D eigenvalue weighted by molar-refractivity contribution is 5.85. The molecule has 0 spiro atoms. The summed E-state index contributed by atoms with van der Waals surface area (Å²) < 4.78 is 5.94. The topological polar surface area (TPSA) is 29.5 Å². The molecule has 3 heteroatoms. The summed E-state index contributed by atoms with van der Waals surface area (Å²) in [5.41, 5.74) is 1.50. The molecule has 0 radical (unpaired) electrons. The van der Waals surface area contributed by atoms with Crippen LogP contribution in [-0.2, 0) is 22.6 Å². The van der Waals surface area contributed by atoms with Gasteiger partial charge in [0, 0.05) is 26.1 Å². The maximum atomic E-state index is 13.4. The van der Waals surface area contributed by atoms with Gasteiger partial charge in [-0.2, -0.15) is 0 Å². The molecule has 2 aromatic carbocycles. The number of carbonyl (C=O) groups is 1. The average molecular weight is 335 g/mol. The number of amides is 1. The Balaban J connectivity index is 1.86.